The van der Waals surface area contributed by atoms with Crippen molar-refractivity contribution in [2.75, 3.05) is 5.32 Å². The highest BCUT2D eigenvalue weighted by Crippen LogP contribution is 2.17. The lowest BCUT2D eigenvalue weighted by Gasteiger charge is -2.05. The molecule has 72 valence electrons. The number of nitrogens with one attached hydrogen (secondary N) is 1. The van der Waals surface area contributed by atoms with Crippen LogP contribution in [0.3, 0.4) is 0 Å². The summed E-state index contributed by atoms with van der Waals surface area (Å²) in [5.74, 6) is -0.845. The van der Waals surface area contributed by atoms with E-state index in [1.807, 2.05) is 6.07 Å². The maximum Gasteiger partial charge on any atom is 0.242 e. The summed E-state index contributed by atoms with van der Waals surface area (Å²) in [7, 11) is 0. The second-order valence-electron chi connectivity index (χ2n) is 2.67. The number of halogens is 1. The van der Waals surface area contributed by atoms with Crippen molar-refractivity contribution in [1.82, 2.24) is 4.98 Å². The molecule has 0 radical (unpaired) electrons. The number of pyridine rings is 1. The second kappa shape index (κ2) is 4.58. The molecule has 0 bridgehead atoms. The molecule has 0 aliphatic heterocycles. The van der Waals surface area contributed by atoms with Gasteiger partial charge in [0.25, 0.3) is 0 Å². The number of amides is 1. The van der Waals surface area contributed by atoms with E-state index in [4.69, 9.17) is 16.9 Å². The molecule has 0 aromatic carbocycles. The molecule has 0 aliphatic carbocycles. The lowest BCUT2D eigenvalue weighted by atomic mass is 10.2. The summed E-state index contributed by atoms with van der Waals surface area (Å²) in [4.78, 5) is 15.1. The largest absolute Gasteiger partial charge is 0.308 e. The number of hydrogen-bond acceptors (Lipinski definition) is 3. The first-order chi connectivity index (χ1) is 6.65. The van der Waals surface area contributed by atoms with Gasteiger partial charge in [-0.3, -0.25) is 4.79 Å². The van der Waals surface area contributed by atoms with Gasteiger partial charge < -0.3 is 5.32 Å². The van der Waals surface area contributed by atoms with Crippen LogP contribution in [0.4, 0.5) is 5.82 Å². The number of carbonyl (C=O) groups is 1. The van der Waals surface area contributed by atoms with Crippen LogP contribution in [-0.2, 0) is 4.79 Å². The zero-order chi connectivity index (χ0) is 10.6. The van der Waals surface area contributed by atoms with E-state index < -0.39 is 11.8 Å². The Balaban J connectivity index is 2.76. The highest BCUT2D eigenvalue weighted by molar-refractivity contribution is 6.33. The first-order valence-corrected chi connectivity index (χ1v) is 4.34. The molecule has 1 N–H and O–H groups in total. The van der Waals surface area contributed by atoms with Crippen molar-refractivity contribution < 1.29 is 4.79 Å². The number of hydrogen-bond donors (Lipinski definition) is 1. The van der Waals surface area contributed by atoms with Gasteiger partial charge in [0.2, 0.25) is 5.91 Å². The summed E-state index contributed by atoms with van der Waals surface area (Å²) in [6.07, 6.45) is 1.51. The van der Waals surface area contributed by atoms with Crippen LogP contribution in [0.5, 0.6) is 0 Å². The Morgan fingerprint density at radius 2 is 2.50 bits per heavy atom. The molecule has 14 heavy (non-hydrogen) atoms. The van der Waals surface area contributed by atoms with Crippen molar-refractivity contribution in [3.8, 4) is 6.07 Å². The van der Waals surface area contributed by atoms with E-state index >= 15 is 0 Å². The summed E-state index contributed by atoms with van der Waals surface area (Å²) >= 11 is 5.76. The molecule has 0 saturated heterocycles. The van der Waals surface area contributed by atoms with Gasteiger partial charge in [0.15, 0.2) is 5.82 Å². The SMILES string of the molecule is CC(C#N)C(=O)Nc1ncccc1Cl. The van der Waals surface area contributed by atoms with Crippen molar-refractivity contribution in [3.63, 3.8) is 0 Å². The first-order valence-electron chi connectivity index (χ1n) is 3.96. The summed E-state index contributed by atoms with van der Waals surface area (Å²) < 4.78 is 0. The standard InChI is InChI=1S/C9H8ClN3O/c1-6(5-11)9(14)13-8-7(10)3-2-4-12-8/h2-4,6H,1H3,(H,12,13,14). The molecular weight excluding hydrogens is 202 g/mol. The molecule has 5 heteroatoms. The fraction of sp³-hybridized carbons (Fsp3) is 0.222. The molecule has 0 fully saturated rings. The van der Waals surface area contributed by atoms with Crippen LogP contribution in [-0.4, -0.2) is 10.9 Å². The van der Waals surface area contributed by atoms with Crippen molar-refractivity contribution in [2.24, 2.45) is 5.92 Å². The number of rotatable bonds is 2. The average Bonchev–Trinajstić information content (AvgIpc) is 2.20. The van der Waals surface area contributed by atoms with Crippen LogP contribution in [0.1, 0.15) is 6.92 Å². The predicted octanol–water partition coefficient (Wildman–Crippen LogP) is 1.83. The Bertz CT molecular complexity index is 386. The number of anilines is 1. The lowest BCUT2D eigenvalue weighted by molar-refractivity contribution is -0.117. The third kappa shape index (κ3) is 2.44. The van der Waals surface area contributed by atoms with Gasteiger partial charge in [-0.1, -0.05) is 11.6 Å². The zero-order valence-electron chi connectivity index (χ0n) is 7.49. The number of nitriles is 1. The number of nitrogens with zero attached hydrogens (tertiary/aromatic N) is 2. The van der Waals surface area contributed by atoms with Crippen molar-refractivity contribution in [3.05, 3.63) is 23.4 Å². The third-order valence-electron chi connectivity index (χ3n) is 1.59. The highest BCUT2D eigenvalue weighted by atomic mass is 35.5. The van der Waals surface area contributed by atoms with E-state index in [0.717, 1.165) is 0 Å². The molecule has 1 heterocycles. The van der Waals surface area contributed by atoms with Crippen LogP contribution in [0, 0.1) is 17.2 Å². The van der Waals surface area contributed by atoms with Crippen LogP contribution >= 0.6 is 11.6 Å². The Hall–Kier alpha value is -1.60. The van der Waals surface area contributed by atoms with Gasteiger partial charge in [-0.15, -0.1) is 0 Å². The molecule has 1 amide bonds. The van der Waals surface area contributed by atoms with Gasteiger partial charge >= 0.3 is 0 Å². The fourth-order valence-corrected chi connectivity index (χ4v) is 0.930. The van der Waals surface area contributed by atoms with E-state index in [0.29, 0.717) is 5.02 Å². The minimum atomic E-state index is -0.715. The maximum absolute atomic E-state index is 11.3. The first kappa shape index (κ1) is 10.5. The van der Waals surface area contributed by atoms with Crippen LogP contribution in [0.25, 0.3) is 0 Å². The van der Waals surface area contributed by atoms with Crippen molar-refractivity contribution in [1.29, 1.82) is 5.26 Å². The van der Waals surface area contributed by atoms with Gasteiger partial charge in [-0.25, -0.2) is 4.98 Å². The molecule has 1 aromatic rings. The second-order valence-corrected chi connectivity index (χ2v) is 3.08. The Morgan fingerprint density at radius 3 is 3.07 bits per heavy atom. The van der Waals surface area contributed by atoms with Gasteiger partial charge in [-0.2, -0.15) is 5.26 Å². The predicted molar refractivity (Wildman–Crippen MR) is 52.7 cm³/mol. The van der Waals surface area contributed by atoms with E-state index in [1.165, 1.54) is 13.1 Å². The van der Waals surface area contributed by atoms with E-state index in [9.17, 15) is 4.79 Å². The summed E-state index contributed by atoms with van der Waals surface area (Å²) in [6.45, 7) is 1.51. The van der Waals surface area contributed by atoms with Gasteiger partial charge in [0.1, 0.15) is 5.92 Å². The molecule has 1 rings (SSSR count). The van der Waals surface area contributed by atoms with Gasteiger partial charge in [0.05, 0.1) is 11.1 Å². The minimum absolute atomic E-state index is 0.279. The Labute approximate surface area is 86.5 Å². The number of aromatic nitrogens is 1. The topological polar surface area (TPSA) is 65.8 Å². The van der Waals surface area contributed by atoms with Crippen LogP contribution in [0.15, 0.2) is 18.3 Å². The maximum atomic E-state index is 11.3. The Morgan fingerprint density at radius 1 is 1.79 bits per heavy atom. The molecule has 1 unspecified atom stereocenters. The van der Waals surface area contributed by atoms with Crippen molar-refractivity contribution in [2.45, 2.75) is 6.92 Å². The molecule has 0 saturated carbocycles. The van der Waals surface area contributed by atoms with E-state index in [1.54, 1.807) is 12.1 Å². The Kier molecular flexibility index (Phi) is 3.43. The van der Waals surface area contributed by atoms with Gasteiger partial charge in [-0.05, 0) is 19.1 Å². The quantitative estimate of drug-likeness (QED) is 0.808. The lowest BCUT2D eigenvalue weighted by Crippen LogP contribution is -2.19. The monoisotopic (exact) mass is 209 g/mol. The molecule has 1 atom stereocenters. The smallest absolute Gasteiger partial charge is 0.242 e. The highest BCUT2D eigenvalue weighted by Gasteiger charge is 2.13. The van der Waals surface area contributed by atoms with Crippen LogP contribution < -0.4 is 5.32 Å². The average molecular weight is 210 g/mol. The van der Waals surface area contributed by atoms with E-state index in [2.05, 4.69) is 10.3 Å². The summed E-state index contributed by atoms with van der Waals surface area (Å²) in [5.41, 5.74) is 0. The molecular formula is C9H8ClN3O. The molecule has 4 nitrogen and oxygen atoms in total. The number of carbonyl (C=O) groups excluding carboxylic acids is 1. The zero-order valence-corrected chi connectivity index (χ0v) is 8.25. The summed E-state index contributed by atoms with van der Waals surface area (Å²) in [5, 5.41) is 11.3. The minimum Gasteiger partial charge on any atom is -0.308 e. The molecule has 0 aliphatic rings. The van der Waals surface area contributed by atoms with Crippen LogP contribution in [0.2, 0.25) is 5.02 Å². The van der Waals surface area contributed by atoms with Gasteiger partial charge in [0, 0.05) is 6.20 Å². The molecule has 1 aromatic heterocycles. The molecule has 0 spiro atoms. The van der Waals surface area contributed by atoms with Crippen molar-refractivity contribution >= 4 is 23.3 Å². The van der Waals surface area contributed by atoms with E-state index in [-0.39, 0.29) is 5.82 Å². The summed E-state index contributed by atoms with van der Waals surface area (Å²) in [6, 6.07) is 5.09. The third-order valence-corrected chi connectivity index (χ3v) is 1.89. The normalized spacial score (nSPS) is 11.5. The fourth-order valence-electron chi connectivity index (χ4n) is 0.761.